The number of aryl methyl sites for hydroxylation is 1. The number of hydrogen-bond acceptors (Lipinski definition) is 4. The minimum absolute atomic E-state index is 0. The first-order valence-electron chi connectivity index (χ1n) is 9.18. The Hall–Kier alpha value is -1.60. The Kier molecular flexibility index (Phi) is 8.56. The number of aromatic nitrogens is 2. The standard InChI is InChI=1S/C18H31N5O2.ClH/c1-5-7-14-8-22(10-17(19)24)9-16(14)20-18(25)11-23-13(4)15(6-2)12(3)21-23;/h14,16H,5-11H2,1-4H3,(H2,19,24)(H,20,25);1H/t14-,16-;/m0./s1. The van der Waals surface area contributed by atoms with Crippen LogP contribution in [0.2, 0.25) is 0 Å². The van der Waals surface area contributed by atoms with Crippen LogP contribution < -0.4 is 11.1 Å². The molecule has 1 fully saturated rings. The summed E-state index contributed by atoms with van der Waals surface area (Å²) in [5, 5.41) is 7.64. The Morgan fingerprint density at radius 2 is 1.92 bits per heavy atom. The fraction of sp³-hybridized carbons (Fsp3) is 0.722. The van der Waals surface area contributed by atoms with Crippen LogP contribution in [0.1, 0.15) is 43.6 Å². The van der Waals surface area contributed by atoms with E-state index in [4.69, 9.17) is 5.73 Å². The maximum atomic E-state index is 12.5. The quantitative estimate of drug-likeness (QED) is 0.702. The van der Waals surface area contributed by atoms with Gasteiger partial charge in [-0.3, -0.25) is 19.2 Å². The first kappa shape index (κ1) is 22.4. The molecule has 7 nitrogen and oxygen atoms in total. The smallest absolute Gasteiger partial charge is 0.242 e. The molecule has 0 bridgehead atoms. The molecule has 0 unspecified atom stereocenters. The number of primary amides is 1. The first-order valence-corrected chi connectivity index (χ1v) is 9.18. The number of likely N-dealkylation sites (tertiary alicyclic amines) is 1. The number of nitrogens with two attached hydrogens (primary N) is 1. The average Bonchev–Trinajstić information content (AvgIpc) is 2.99. The molecule has 26 heavy (non-hydrogen) atoms. The Bertz CT molecular complexity index is 631. The predicted octanol–water partition coefficient (Wildman–Crippen LogP) is 1.19. The Morgan fingerprint density at radius 1 is 1.23 bits per heavy atom. The van der Waals surface area contributed by atoms with Crippen molar-refractivity contribution in [2.75, 3.05) is 19.6 Å². The van der Waals surface area contributed by atoms with E-state index < -0.39 is 0 Å². The van der Waals surface area contributed by atoms with Crippen molar-refractivity contribution in [1.82, 2.24) is 20.0 Å². The van der Waals surface area contributed by atoms with Crippen molar-refractivity contribution in [3.8, 4) is 0 Å². The molecule has 2 heterocycles. The Labute approximate surface area is 162 Å². The van der Waals surface area contributed by atoms with Crippen molar-refractivity contribution in [3.63, 3.8) is 0 Å². The molecule has 2 amide bonds. The zero-order valence-electron chi connectivity index (χ0n) is 16.2. The van der Waals surface area contributed by atoms with Crippen LogP contribution in [0.25, 0.3) is 0 Å². The molecule has 8 heteroatoms. The van der Waals surface area contributed by atoms with Crippen LogP contribution in [0.5, 0.6) is 0 Å². The maximum absolute atomic E-state index is 12.5. The Balaban J connectivity index is 0.00000338. The maximum Gasteiger partial charge on any atom is 0.242 e. The molecule has 0 spiro atoms. The molecule has 0 aliphatic carbocycles. The van der Waals surface area contributed by atoms with Crippen LogP contribution in [-0.4, -0.2) is 52.2 Å². The minimum atomic E-state index is -0.322. The second kappa shape index (κ2) is 9.92. The second-order valence-electron chi connectivity index (χ2n) is 7.04. The van der Waals surface area contributed by atoms with Gasteiger partial charge >= 0.3 is 0 Å². The number of nitrogens with one attached hydrogen (secondary N) is 1. The van der Waals surface area contributed by atoms with Gasteiger partial charge in [0.05, 0.1) is 12.2 Å². The molecule has 1 aromatic rings. The summed E-state index contributed by atoms with van der Waals surface area (Å²) in [5.41, 5.74) is 8.57. The van der Waals surface area contributed by atoms with Crippen LogP contribution in [-0.2, 0) is 22.6 Å². The number of rotatable bonds is 8. The summed E-state index contributed by atoms with van der Waals surface area (Å²) in [7, 11) is 0. The fourth-order valence-electron chi connectivity index (χ4n) is 3.92. The molecule has 2 atom stereocenters. The van der Waals surface area contributed by atoms with Crippen LogP contribution in [0.15, 0.2) is 0 Å². The monoisotopic (exact) mass is 385 g/mol. The first-order chi connectivity index (χ1) is 11.8. The second-order valence-corrected chi connectivity index (χ2v) is 7.04. The highest BCUT2D eigenvalue weighted by Crippen LogP contribution is 2.21. The van der Waals surface area contributed by atoms with Gasteiger partial charge in [0.1, 0.15) is 6.54 Å². The lowest BCUT2D eigenvalue weighted by atomic mass is 9.98. The van der Waals surface area contributed by atoms with E-state index in [9.17, 15) is 9.59 Å². The van der Waals surface area contributed by atoms with Gasteiger partial charge in [0.15, 0.2) is 0 Å². The molecule has 0 radical (unpaired) electrons. The van der Waals surface area contributed by atoms with E-state index in [1.165, 1.54) is 5.56 Å². The van der Waals surface area contributed by atoms with E-state index in [2.05, 4.69) is 24.3 Å². The van der Waals surface area contributed by atoms with Gasteiger partial charge in [-0.15, -0.1) is 12.4 Å². The lowest BCUT2D eigenvalue weighted by molar-refractivity contribution is -0.122. The largest absolute Gasteiger partial charge is 0.369 e. The highest BCUT2D eigenvalue weighted by Gasteiger charge is 2.33. The number of carbonyl (C=O) groups is 2. The topological polar surface area (TPSA) is 93.3 Å². The highest BCUT2D eigenvalue weighted by atomic mass is 35.5. The van der Waals surface area contributed by atoms with Gasteiger partial charge < -0.3 is 11.1 Å². The molecule has 0 saturated carbocycles. The zero-order chi connectivity index (χ0) is 18.6. The van der Waals surface area contributed by atoms with Crippen molar-refractivity contribution in [3.05, 3.63) is 17.0 Å². The van der Waals surface area contributed by atoms with Crippen molar-refractivity contribution in [1.29, 1.82) is 0 Å². The van der Waals surface area contributed by atoms with Gasteiger partial charge in [-0.25, -0.2) is 0 Å². The summed E-state index contributed by atoms with van der Waals surface area (Å²) in [4.78, 5) is 25.7. The molecule has 2 rings (SSSR count). The molecular formula is C18H32ClN5O2. The highest BCUT2D eigenvalue weighted by molar-refractivity contribution is 5.85. The van der Waals surface area contributed by atoms with Gasteiger partial charge in [0, 0.05) is 24.8 Å². The lowest BCUT2D eigenvalue weighted by Crippen LogP contribution is -2.42. The molecule has 148 valence electrons. The number of carbonyl (C=O) groups excluding carboxylic acids is 2. The third-order valence-electron chi connectivity index (χ3n) is 5.08. The lowest BCUT2D eigenvalue weighted by Gasteiger charge is -2.19. The summed E-state index contributed by atoms with van der Waals surface area (Å²) in [6, 6.07) is 0.0643. The Morgan fingerprint density at radius 3 is 2.46 bits per heavy atom. The van der Waals surface area contributed by atoms with Gasteiger partial charge in [-0.05, 0) is 38.2 Å². The third-order valence-corrected chi connectivity index (χ3v) is 5.08. The summed E-state index contributed by atoms with van der Waals surface area (Å²) in [5.74, 6) is 0.0113. The molecular weight excluding hydrogens is 354 g/mol. The van der Waals surface area contributed by atoms with Crippen molar-refractivity contribution >= 4 is 24.2 Å². The predicted molar refractivity (Wildman–Crippen MR) is 104 cm³/mol. The number of halogens is 1. The summed E-state index contributed by atoms with van der Waals surface area (Å²) < 4.78 is 1.79. The van der Waals surface area contributed by atoms with E-state index >= 15 is 0 Å². The SMILES string of the molecule is CCC[C@H]1CN(CC(N)=O)C[C@@H]1NC(=O)Cn1nc(C)c(CC)c1C.Cl. The number of nitrogens with zero attached hydrogens (tertiary/aromatic N) is 3. The van der Waals surface area contributed by atoms with Crippen molar-refractivity contribution < 1.29 is 9.59 Å². The summed E-state index contributed by atoms with van der Waals surface area (Å²) in [6.07, 6.45) is 3.00. The van der Waals surface area contributed by atoms with E-state index in [0.717, 1.165) is 37.2 Å². The van der Waals surface area contributed by atoms with Crippen LogP contribution in [0.3, 0.4) is 0 Å². The molecule has 1 aliphatic rings. The summed E-state index contributed by atoms with van der Waals surface area (Å²) in [6.45, 7) is 10.2. The van der Waals surface area contributed by atoms with Crippen LogP contribution >= 0.6 is 12.4 Å². The molecule has 3 N–H and O–H groups in total. The normalized spacial score (nSPS) is 20.0. The molecule has 1 aliphatic heterocycles. The van der Waals surface area contributed by atoms with E-state index in [1.807, 2.05) is 18.7 Å². The zero-order valence-corrected chi connectivity index (χ0v) is 17.1. The van der Waals surface area contributed by atoms with Gasteiger partial charge in [-0.1, -0.05) is 20.3 Å². The van der Waals surface area contributed by atoms with Gasteiger partial charge in [0.2, 0.25) is 11.8 Å². The van der Waals surface area contributed by atoms with E-state index in [-0.39, 0.29) is 43.4 Å². The number of amides is 2. The molecule has 1 aromatic heterocycles. The van der Waals surface area contributed by atoms with E-state index in [1.54, 1.807) is 4.68 Å². The van der Waals surface area contributed by atoms with Crippen molar-refractivity contribution in [2.45, 2.75) is 59.5 Å². The van der Waals surface area contributed by atoms with Gasteiger partial charge in [0.25, 0.3) is 0 Å². The van der Waals surface area contributed by atoms with Crippen LogP contribution in [0, 0.1) is 19.8 Å². The third kappa shape index (κ3) is 5.45. The summed E-state index contributed by atoms with van der Waals surface area (Å²) >= 11 is 0. The average molecular weight is 386 g/mol. The van der Waals surface area contributed by atoms with Gasteiger partial charge in [-0.2, -0.15) is 5.10 Å². The number of hydrogen-bond donors (Lipinski definition) is 2. The molecule has 0 aromatic carbocycles. The minimum Gasteiger partial charge on any atom is -0.369 e. The van der Waals surface area contributed by atoms with Crippen molar-refractivity contribution in [2.24, 2.45) is 11.7 Å². The van der Waals surface area contributed by atoms with E-state index in [0.29, 0.717) is 12.5 Å². The molecule has 1 saturated heterocycles. The van der Waals surface area contributed by atoms with Crippen LogP contribution in [0.4, 0.5) is 0 Å². The fourth-order valence-corrected chi connectivity index (χ4v) is 3.92.